The molecule has 1 unspecified atom stereocenters. The first kappa shape index (κ1) is 13.9. The summed E-state index contributed by atoms with van der Waals surface area (Å²) in [4.78, 5) is 0. The Kier molecular flexibility index (Phi) is 3.99. The summed E-state index contributed by atoms with van der Waals surface area (Å²) in [5, 5.41) is 13.9. The minimum absolute atomic E-state index is 0.440. The van der Waals surface area contributed by atoms with Gasteiger partial charge >= 0.3 is 0 Å². The van der Waals surface area contributed by atoms with Gasteiger partial charge in [0.1, 0.15) is 12.4 Å². The molecule has 0 aliphatic heterocycles. The predicted molar refractivity (Wildman–Crippen MR) is 80.1 cm³/mol. The summed E-state index contributed by atoms with van der Waals surface area (Å²) in [6.07, 6.45) is 6.21. The van der Waals surface area contributed by atoms with Crippen LogP contribution in [0.3, 0.4) is 0 Å². The monoisotopic (exact) mass is 275 g/mol. The van der Waals surface area contributed by atoms with E-state index in [4.69, 9.17) is 4.74 Å². The summed E-state index contributed by atoms with van der Waals surface area (Å²) in [6.45, 7) is 3.58. The molecule has 1 fully saturated rings. The first-order valence-corrected chi connectivity index (χ1v) is 7.92. The van der Waals surface area contributed by atoms with Crippen molar-refractivity contribution >= 4 is 0 Å². The first-order valence-electron chi connectivity index (χ1n) is 7.92. The molecule has 3 nitrogen and oxygen atoms in total. The quantitative estimate of drug-likeness (QED) is 0.868. The largest absolute Gasteiger partial charge is 0.490 e. The van der Waals surface area contributed by atoms with E-state index in [2.05, 4.69) is 24.4 Å². The van der Waals surface area contributed by atoms with Crippen molar-refractivity contribution in [3.8, 4) is 5.75 Å². The molecule has 20 heavy (non-hydrogen) atoms. The highest BCUT2D eigenvalue weighted by atomic mass is 16.5. The maximum absolute atomic E-state index is 10.4. The second-order valence-corrected chi connectivity index (χ2v) is 6.19. The zero-order valence-corrected chi connectivity index (χ0v) is 12.3. The van der Waals surface area contributed by atoms with Gasteiger partial charge in [0.2, 0.25) is 0 Å². The highest BCUT2D eigenvalue weighted by Crippen LogP contribution is 2.38. The van der Waals surface area contributed by atoms with E-state index in [9.17, 15) is 5.11 Å². The highest BCUT2D eigenvalue weighted by Gasteiger charge is 2.32. The minimum atomic E-state index is -0.595. The SMILES string of the molecule is CCNC1CCc2c(OCC3(O)CCCC3)cccc21. The van der Waals surface area contributed by atoms with Gasteiger partial charge in [-0.3, -0.25) is 0 Å². The summed E-state index contributed by atoms with van der Waals surface area (Å²) in [5.74, 6) is 0.975. The fourth-order valence-electron chi connectivity index (χ4n) is 3.60. The van der Waals surface area contributed by atoms with Gasteiger partial charge in [-0.2, -0.15) is 0 Å². The van der Waals surface area contributed by atoms with E-state index in [1.165, 1.54) is 11.1 Å². The van der Waals surface area contributed by atoms with Crippen molar-refractivity contribution in [1.82, 2.24) is 5.32 Å². The van der Waals surface area contributed by atoms with E-state index in [1.54, 1.807) is 0 Å². The van der Waals surface area contributed by atoms with E-state index >= 15 is 0 Å². The molecule has 0 spiro atoms. The maximum Gasteiger partial charge on any atom is 0.122 e. The molecule has 0 amide bonds. The van der Waals surface area contributed by atoms with E-state index < -0.39 is 5.60 Å². The molecule has 3 rings (SSSR count). The minimum Gasteiger partial charge on any atom is -0.490 e. The molecule has 2 aliphatic carbocycles. The Morgan fingerprint density at radius 2 is 2.15 bits per heavy atom. The number of hydrogen-bond donors (Lipinski definition) is 2. The third kappa shape index (κ3) is 2.70. The van der Waals surface area contributed by atoms with Crippen LogP contribution in [0.1, 0.15) is 56.2 Å². The molecular weight excluding hydrogens is 250 g/mol. The van der Waals surface area contributed by atoms with Crippen LogP contribution >= 0.6 is 0 Å². The van der Waals surface area contributed by atoms with Crippen LogP contribution in [0.25, 0.3) is 0 Å². The number of aliphatic hydroxyl groups is 1. The number of ether oxygens (including phenoxy) is 1. The number of rotatable bonds is 5. The van der Waals surface area contributed by atoms with Gasteiger partial charge < -0.3 is 15.2 Å². The van der Waals surface area contributed by atoms with Crippen molar-refractivity contribution in [3.05, 3.63) is 29.3 Å². The van der Waals surface area contributed by atoms with Gasteiger partial charge in [-0.25, -0.2) is 0 Å². The molecule has 1 saturated carbocycles. The average molecular weight is 275 g/mol. The van der Waals surface area contributed by atoms with E-state index in [1.807, 2.05) is 6.07 Å². The standard InChI is InChI=1S/C17H25NO2/c1-2-18-15-9-8-14-13(15)6-5-7-16(14)20-12-17(19)10-3-4-11-17/h5-7,15,18-19H,2-4,8-12H2,1H3. The highest BCUT2D eigenvalue weighted by molar-refractivity contribution is 5.45. The van der Waals surface area contributed by atoms with E-state index in [0.29, 0.717) is 12.6 Å². The van der Waals surface area contributed by atoms with Gasteiger partial charge in [0.25, 0.3) is 0 Å². The van der Waals surface area contributed by atoms with Crippen LogP contribution in [-0.2, 0) is 6.42 Å². The van der Waals surface area contributed by atoms with Gasteiger partial charge in [0.05, 0.1) is 5.60 Å². The van der Waals surface area contributed by atoms with Gasteiger partial charge in [0.15, 0.2) is 0 Å². The normalized spacial score (nSPS) is 23.8. The molecule has 0 aromatic heterocycles. The molecule has 0 bridgehead atoms. The zero-order chi connectivity index (χ0) is 14.0. The topological polar surface area (TPSA) is 41.5 Å². The number of benzene rings is 1. The molecule has 110 valence electrons. The van der Waals surface area contributed by atoms with Gasteiger partial charge in [0, 0.05) is 6.04 Å². The van der Waals surface area contributed by atoms with Gasteiger partial charge in [-0.1, -0.05) is 31.9 Å². The molecule has 1 aromatic rings. The fraction of sp³-hybridized carbons (Fsp3) is 0.647. The van der Waals surface area contributed by atoms with Crippen LogP contribution in [-0.4, -0.2) is 23.9 Å². The Balaban J connectivity index is 1.72. The second-order valence-electron chi connectivity index (χ2n) is 6.19. The molecule has 1 aromatic carbocycles. The Bertz CT molecular complexity index is 466. The Labute approximate surface area is 121 Å². The van der Waals surface area contributed by atoms with Crippen molar-refractivity contribution in [2.45, 2.75) is 57.1 Å². The van der Waals surface area contributed by atoms with Crippen LogP contribution in [0.2, 0.25) is 0 Å². The van der Waals surface area contributed by atoms with E-state index in [-0.39, 0.29) is 0 Å². The van der Waals surface area contributed by atoms with Crippen LogP contribution in [0, 0.1) is 0 Å². The molecule has 1 atom stereocenters. The summed E-state index contributed by atoms with van der Waals surface area (Å²) in [5.41, 5.74) is 2.12. The lowest BCUT2D eigenvalue weighted by Gasteiger charge is -2.23. The maximum atomic E-state index is 10.4. The van der Waals surface area contributed by atoms with E-state index in [0.717, 1.165) is 50.8 Å². The molecule has 0 radical (unpaired) electrons. The van der Waals surface area contributed by atoms with Crippen LogP contribution in [0.5, 0.6) is 5.75 Å². The van der Waals surface area contributed by atoms with Crippen molar-refractivity contribution < 1.29 is 9.84 Å². The molecule has 2 aliphatic rings. The van der Waals surface area contributed by atoms with Crippen molar-refractivity contribution in [2.75, 3.05) is 13.2 Å². The van der Waals surface area contributed by atoms with Crippen molar-refractivity contribution in [1.29, 1.82) is 0 Å². The Morgan fingerprint density at radius 3 is 2.90 bits per heavy atom. The lowest BCUT2D eigenvalue weighted by molar-refractivity contribution is 0.00116. The Morgan fingerprint density at radius 1 is 1.35 bits per heavy atom. The summed E-state index contributed by atoms with van der Waals surface area (Å²) < 4.78 is 5.98. The first-order chi connectivity index (χ1) is 9.72. The number of hydrogen-bond acceptors (Lipinski definition) is 3. The lowest BCUT2D eigenvalue weighted by Crippen LogP contribution is -2.32. The van der Waals surface area contributed by atoms with Crippen LogP contribution in [0.15, 0.2) is 18.2 Å². The predicted octanol–water partition coefficient (Wildman–Crippen LogP) is 2.97. The molecule has 0 saturated heterocycles. The Hall–Kier alpha value is -1.06. The van der Waals surface area contributed by atoms with Crippen LogP contribution < -0.4 is 10.1 Å². The van der Waals surface area contributed by atoms with Gasteiger partial charge in [-0.05, 0) is 49.4 Å². The van der Waals surface area contributed by atoms with Gasteiger partial charge in [-0.15, -0.1) is 0 Å². The van der Waals surface area contributed by atoms with Crippen LogP contribution in [0.4, 0.5) is 0 Å². The molecular formula is C17H25NO2. The summed E-state index contributed by atoms with van der Waals surface area (Å²) >= 11 is 0. The fourth-order valence-corrected chi connectivity index (χ4v) is 3.60. The van der Waals surface area contributed by atoms with Crippen molar-refractivity contribution in [3.63, 3.8) is 0 Å². The van der Waals surface area contributed by atoms with Crippen molar-refractivity contribution in [2.24, 2.45) is 0 Å². The summed E-state index contributed by atoms with van der Waals surface area (Å²) in [7, 11) is 0. The third-order valence-corrected chi connectivity index (χ3v) is 4.71. The molecule has 2 N–H and O–H groups in total. The molecule has 0 heterocycles. The smallest absolute Gasteiger partial charge is 0.122 e. The summed E-state index contributed by atoms with van der Waals surface area (Å²) in [6, 6.07) is 6.79. The number of fused-ring (bicyclic) bond motifs is 1. The average Bonchev–Trinajstić information content (AvgIpc) is 3.05. The zero-order valence-electron chi connectivity index (χ0n) is 12.3. The third-order valence-electron chi connectivity index (χ3n) is 4.71. The second kappa shape index (κ2) is 5.74. The lowest BCUT2D eigenvalue weighted by atomic mass is 10.0. The molecule has 3 heteroatoms. The number of nitrogens with one attached hydrogen (secondary N) is 1.